The van der Waals surface area contributed by atoms with E-state index in [1.54, 1.807) is 4.68 Å². The molecule has 3 N–H and O–H groups in total. The van der Waals surface area contributed by atoms with Crippen LogP contribution in [0, 0.1) is 0 Å². The molecule has 1 fully saturated rings. The Labute approximate surface area is 74.3 Å². The van der Waals surface area contributed by atoms with E-state index >= 15 is 0 Å². The lowest BCUT2D eigenvalue weighted by molar-refractivity contribution is 0.0690. The predicted octanol–water partition coefficient (Wildman–Crippen LogP) is -0.362. The zero-order chi connectivity index (χ0) is 9.42. The molecule has 1 aliphatic rings. The van der Waals surface area contributed by atoms with Crippen LogP contribution in [0.15, 0.2) is 6.20 Å². The van der Waals surface area contributed by atoms with Crippen LogP contribution in [-0.2, 0) is 0 Å². The van der Waals surface area contributed by atoms with Crippen molar-refractivity contribution in [1.82, 2.24) is 15.0 Å². The minimum atomic E-state index is -1.05. The Bertz CT molecular complexity index is 329. The van der Waals surface area contributed by atoms with Crippen molar-refractivity contribution >= 4 is 5.97 Å². The zero-order valence-corrected chi connectivity index (χ0v) is 6.92. The Hall–Kier alpha value is -1.43. The third-order valence-electron chi connectivity index (χ3n) is 2.25. The molecule has 6 heteroatoms. The number of hydrogen-bond donors (Lipinski definition) is 2. The molecule has 13 heavy (non-hydrogen) atoms. The highest BCUT2D eigenvalue weighted by molar-refractivity contribution is 5.84. The Morgan fingerprint density at radius 1 is 1.69 bits per heavy atom. The van der Waals surface area contributed by atoms with Crippen LogP contribution in [0.25, 0.3) is 0 Å². The van der Waals surface area contributed by atoms with Gasteiger partial charge in [0, 0.05) is 6.04 Å². The zero-order valence-electron chi connectivity index (χ0n) is 6.92. The van der Waals surface area contributed by atoms with Crippen molar-refractivity contribution < 1.29 is 9.90 Å². The molecular weight excluding hydrogens is 172 g/mol. The topological polar surface area (TPSA) is 94.0 Å². The maximum absolute atomic E-state index is 10.5. The van der Waals surface area contributed by atoms with Crippen molar-refractivity contribution in [3.05, 3.63) is 11.9 Å². The lowest BCUT2D eigenvalue weighted by Crippen LogP contribution is -2.37. The van der Waals surface area contributed by atoms with Gasteiger partial charge in [0.05, 0.1) is 12.2 Å². The second kappa shape index (κ2) is 2.81. The Morgan fingerprint density at radius 3 is 2.85 bits per heavy atom. The van der Waals surface area contributed by atoms with Crippen LogP contribution in [0.3, 0.4) is 0 Å². The molecule has 0 radical (unpaired) electrons. The van der Waals surface area contributed by atoms with Crippen molar-refractivity contribution in [3.63, 3.8) is 0 Å². The van der Waals surface area contributed by atoms with Crippen LogP contribution in [0.2, 0.25) is 0 Å². The van der Waals surface area contributed by atoms with Gasteiger partial charge in [0.2, 0.25) is 0 Å². The molecular formula is C7H10N4O2. The first kappa shape index (κ1) is 8.18. The van der Waals surface area contributed by atoms with E-state index in [0.29, 0.717) is 0 Å². The molecule has 0 amide bonds. The third kappa shape index (κ3) is 1.40. The molecule has 6 nitrogen and oxygen atoms in total. The number of hydrogen-bond acceptors (Lipinski definition) is 4. The van der Waals surface area contributed by atoms with Gasteiger partial charge in [-0.1, -0.05) is 5.21 Å². The van der Waals surface area contributed by atoms with Crippen molar-refractivity contribution in [2.24, 2.45) is 5.73 Å². The summed E-state index contributed by atoms with van der Waals surface area (Å²) in [5, 5.41) is 15.8. The second-order valence-corrected chi connectivity index (χ2v) is 3.27. The first-order valence-electron chi connectivity index (χ1n) is 4.07. The SMILES string of the molecule is NC1CC(n2cc(C(=O)O)nn2)C1. The summed E-state index contributed by atoms with van der Waals surface area (Å²) < 4.78 is 1.58. The summed E-state index contributed by atoms with van der Waals surface area (Å²) in [7, 11) is 0. The lowest BCUT2D eigenvalue weighted by atomic mass is 9.88. The normalized spacial score (nSPS) is 26.8. The van der Waals surface area contributed by atoms with Gasteiger partial charge in [0.15, 0.2) is 5.69 Å². The van der Waals surface area contributed by atoms with E-state index in [9.17, 15) is 4.79 Å². The molecule has 0 atom stereocenters. The highest BCUT2D eigenvalue weighted by Crippen LogP contribution is 2.29. The van der Waals surface area contributed by atoms with Crippen LogP contribution >= 0.6 is 0 Å². The molecule has 2 rings (SSSR count). The molecule has 0 spiro atoms. The molecule has 1 aromatic rings. The maximum atomic E-state index is 10.5. The highest BCUT2D eigenvalue weighted by atomic mass is 16.4. The molecule has 1 heterocycles. The molecule has 1 aromatic heterocycles. The summed E-state index contributed by atoms with van der Waals surface area (Å²) >= 11 is 0. The van der Waals surface area contributed by atoms with Crippen molar-refractivity contribution in [2.75, 3.05) is 0 Å². The monoisotopic (exact) mass is 182 g/mol. The number of aromatic carboxylic acids is 1. The fourth-order valence-electron chi connectivity index (χ4n) is 1.40. The van der Waals surface area contributed by atoms with Crippen LogP contribution < -0.4 is 5.73 Å². The minimum Gasteiger partial charge on any atom is -0.476 e. The fraction of sp³-hybridized carbons (Fsp3) is 0.571. The molecule has 1 saturated carbocycles. The van der Waals surface area contributed by atoms with Crippen molar-refractivity contribution in [2.45, 2.75) is 24.9 Å². The summed E-state index contributed by atoms with van der Waals surface area (Å²) in [6.45, 7) is 0. The average Bonchev–Trinajstić information content (AvgIpc) is 2.46. The van der Waals surface area contributed by atoms with Crippen LogP contribution in [0.4, 0.5) is 0 Å². The standard InChI is InChI=1S/C7H10N4O2/c8-4-1-5(2-4)11-3-6(7(12)13)9-10-11/h3-5H,1-2,8H2,(H,12,13). The summed E-state index contributed by atoms with van der Waals surface area (Å²) in [6, 6.07) is 0.457. The molecule has 0 aromatic carbocycles. The van der Waals surface area contributed by atoms with E-state index in [-0.39, 0.29) is 17.8 Å². The molecule has 0 bridgehead atoms. The van der Waals surface area contributed by atoms with Gasteiger partial charge in [0.25, 0.3) is 0 Å². The van der Waals surface area contributed by atoms with E-state index in [4.69, 9.17) is 10.8 Å². The molecule has 0 unspecified atom stereocenters. The van der Waals surface area contributed by atoms with Gasteiger partial charge in [-0.25, -0.2) is 9.48 Å². The number of carboxylic acid groups (broad SMARTS) is 1. The Morgan fingerprint density at radius 2 is 2.38 bits per heavy atom. The van der Waals surface area contributed by atoms with E-state index in [1.165, 1.54) is 6.20 Å². The fourth-order valence-corrected chi connectivity index (χ4v) is 1.40. The predicted molar refractivity (Wildman–Crippen MR) is 43.2 cm³/mol. The lowest BCUT2D eigenvalue weighted by Gasteiger charge is -2.31. The van der Waals surface area contributed by atoms with Gasteiger partial charge in [-0.2, -0.15) is 0 Å². The van der Waals surface area contributed by atoms with E-state index in [0.717, 1.165) is 12.8 Å². The van der Waals surface area contributed by atoms with Crippen LogP contribution in [0.1, 0.15) is 29.4 Å². The van der Waals surface area contributed by atoms with Gasteiger partial charge in [-0.05, 0) is 12.8 Å². The quantitative estimate of drug-likeness (QED) is 0.651. The number of carbonyl (C=O) groups is 1. The van der Waals surface area contributed by atoms with Gasteiger partial charge in [0.1, 0.15) is 0 Å². The van der Waals surface area contributed by atoms with Gasteiger partial charge < -0.3 is 10.8 Å². The second-order valence-electron chi connectivity index (χ2n) is 3.27. The number of nitrogens with two attached hydrogens (primary N) is 1. The molecule has 0 aliphatic heterocycles. The summed E-state index contributed by atoms with van der Waals surface area (Å²) in [4.78, 5) is 10.5. The van der Waals surface area contributed by atoms with Crippen molar-refractivity contribution in [3.8, 4) is 0 Å². The Balaban J connectivity index is 2.10. The molecule has 0 saturated heterocycles. The van der Waals surface area contributed by atoms with Gasteiger partial charge >= 0.3 is 5.97 Å². The van der Waals surface area contributed by atoms with Crippen LogP contribution in [0.5, 0.6) is 0 Å². The summed E-state index contributed by atoms with van der Waals surface area (Å²) in [5.74, 6) is -1.05. The first-order valence-corrected chi connectivity index (χ1v) is 4.07. The largest absolute Gasteiger partial charge is 0.476 e. The van der Waals surface area contributed by atoms with Gasteiger partial charge in [-0.15, -0.1) is 5.10 Å². The number of carboxylic acids is 1. The van der Waals surface area contributed by atoms with E-state index < -0.39 is 5.97 Å². The smallest absolute Gasteiger partial charge is 0.358 e. The minimum absolute atomic E-state index is 0.0135. The summed E-state index contributed by atoms with van der Waals surface area (Å²) in [6.07, 6.45) is 3.14. The van der Waals surface area contributed by atoms with E-state index in [2.05, 4.69) is 10.3 Å². The van der Waals surface area contributed by atoms with E-state index in [1.807, 2.05) is 0 Å². The molecule has 1 aliphatic carbocycles. The Kier molecular flexibility index (Phi) is 1.77. The molecule has 70 valence electrons. The van der Waals surface area contributed by atoms with Gasteiger partial charge in [-0.3, -0.25) is 0 Å². The number of aromatic nitrogens is 3. The third-order valence-corrected chi connectivity index (χ3v) is 2.25. The maximum Gasteiger partial charge on any atom is 0.358 e. The van der Waals surface area contributed by atoms with Crippen LogP contribution in [-0.4, -0.2) is 32.1 Å². The first-order chi connectivity index (χ1) is 6.16. The average molecular weight is 182 g/mol. The highest BCUT2D eigenvalue weighted by Gasteiger charge is 2.28. The number of nitrogens with zero attached hydrogens (tertiary/aromatic N) is 3. The summed E-state index contributed by atoms with van der Waals surface area (Å²) in [5.41, 5.74) is 5.58. The number of rotatable bonds is 2. The van der Waals surface area contributed by atoms with Crippen molar-refractivity contribution in [1.29, 1.82) is 0 Å².